The lowest BCUT2D eigenvalue weighted by molar-refractivity contribution is 0.203. The van der Waals surface area contributed by atoms with Crippen LogP contribution in [0.3, 0.4) is 0 Å². The molecular weight excluding hydrogens is 233 g/mol. The van der Waals surface area contributed by atoms with Crippen LogP contribution in [0.1, 0.15) is 17.4 Å². The largest absolute Gasteiger partial charge is 0.382 e. The van der Waals surface area contributed by atoms with Crippen LogP contribution in [0.5, 0.6) is 0 Å². The molecule has 17 heavy (non-hydrogen) atoms. The van der Waals surface area contributed by atoms with Crippen molar-refractivity contribution < 1.29 is 18.3 Å². The fourth-order valence-electron chi connectivity index (χ4n) is 1.56. The van der Waals surface area contributed by atoms with E-state index < -0.39 is 23.6 Å². The molecule has 0 aliphatic rings. The maximum atomic E-state index is 13.4. The van der Waals surface area contributed by atoms with Crippen LogP contribution in [0.15, 0.2) is 24.4 Å². The zero-order chi connectivity index (χ0) is 12.6. The number of rotatable bonds is 2. The van der Waals surface area contributed by atoms with Gasteiger partial charge in [0.1, 0.15) is 11.9 Å². The third-order valence-corrected chi connectivity index (χ3v) is 2.47. The topological polar surface area (TPSA) is 38.0 Å². The fraction of sp³-hybridized carbons (Fsp3) is 0.182. The molecule has 0 bridgehead atoms. The maximum absolute atomic E-state index is 13.4. The van der Waals surface area contributed by atoms with Gasteiger partial charge in [-0.1, -0.05) is 0 Å². The van der Waals surface area contributed by atoms with Crippen molar-refractivity contribution in [1.29, 1.82) is 0 Å². The molecule has 1 aromatic carbocycles. The maximum Gasteiger partial charge on any atom is 0.161 e. The van der Waals surface area contributed by atoms with Crippen LogP contribution in [0.25, 0.3) is 0 Å². The molecular formula is C11H9F3N2O. The number of nitrogens with zero attached hydrogens (tertiary/aromatic N) is 2. The first kappa shape index (κ1) is 11.7. The number of aliphatic hydroxyl groups excluding tert-OH is 1. The molecule has 0 spiro atoms. The molecule has 1 aromatic heterocycles. The van der Waals surface area contributed by atoms with E-state index in [1.54, 1.807) is 7.05 Å². The predicted molar refractivity (Wildman–Crippen MR) is 53.6 cm³/mol. The Hall–Kier alpha value is -1.82. The normalized spacial score (nSPS) is 12.8. The van der Waals surface area contributed by atoms with Gasteiger partial charge in [0.05, 0.1) is 5.69 Å². The van der Waals surface area contributed by atoms with Gasteiger partial charge in [-0.2, -0.15) is 5.10 Å². The molecule has 1 heterocycles. The van der Waals surface area contributed by atoms with Crippen molar-refractivity contribution in [3.8, 4) is 0 Å². The summed E-state index contributed by atoms with van der Waals surface area (Å²) >= 11 is 0. The molecule has 1 N–H and O–H groups in total. The van der Waals surface area contributed by atoms with Crippen molar-refractivity contribution >= 4 is 0 Å². The minimum Gasteiger partial charge on any atom is -0.382 e. The van der Waals surface area contributed by atoms with Crippen molar-refractivity contribution in [2.75, 3.05) is 0 Å². The smallest absolute Gasteiger partial charge is 0.161 e. The summed E-state index contributed by atoms with van der Waals surface area (Å²) in [4.78, 5) is 0. The van der Waals surface area contributed by atoms with Crippen molar-refractivity contribution in [3.05, 3.63) is 53.1 Å². The fourth-order valence-corrected chi connectivity index (χ4v) is 1.56. The van der Waals surface area contributed by atoms with Crippen molar-refractivity contribution in [3.63, 3.8) is 0 Å². The van der Waals surface area contributed by atoms with E-state index in [1.165, 1.54) is 16.9 Å². The Labute approximate surface area is 95.1 Å². The monoisotopic (exact) mass is 242 g/mol. The van der Waals surface area contributed by atoms with Gasteiger partial charge in [0.25, 0.3) is 0 Å². The molecule has 6 heteroatoms. The van der Waals surface area contributed by atoms with Crippen LogP contribution in [-0.4, -0.2) is 14.9 Å². The molecule has 0 saturated carbocycles. The number of aromatic nitrogens is 2. The lowest BCUT2D eigenvalue weighted by Gasteiger charge is -2.12. The van der Waals surface area contributed by atoms with Gasteiger partial charge in [0.2, 0.25) is 0 Å². The van der Waals surface area contributed by atoms with Crippen molar-refractivity contribution in [1.82, 2.24) is 9.78 Å². The molecule has 3 nitrogen and oxygen atoms in total. The summed E-state index contributed by atoms with van der Waals surface area (Å²) in [6.45, 7) is 0. The molecule has 0 saturated heterocycles. The van der Waals surface area contributed by atoms with E-state index >= 15 is 0 Å². The highest BCUT2D eigenvalue weighted by atomic mass is 19.2. The van der Waals surface area contributed by atoms with Crippen LogP contribution in [0.4, 0.5) is 13.2 Å². The lowest BCUT2D eigenvalue weighted by atomic mass is 10.1. The summed E-state index contributed by atoms with van der Waals surface area (Å²) in [7, 11) is 1.55. The molecule has 1 atom stereocenters. The second kappa shape index (κ2) is 4.21. The quantitative estimate of drug-likeness (QED) is 0.817. The highest BCUT2D eigenvalue weighted by Gasteiger charge is 2.20. The first-order valence-corrected chi connectivity index (χ1v) is 4.81. The van der Waals surface area contributed by atoms with Gasteiger partial charge in [-0.3, -0.25) is 4.68 Å². The minimum absolute atomic E-state index is 0.287. The Morgan fingerprint density at radius 3 is 2.41 bits per heavy atom. The standard InChI is InChI=1S/C11H9F3N2O/c1-16-10(2-3-15-16)11(17)6-4-8(13)9(14)5-7(6)12/h2-5,11,17H,1H3. The second-order valence-electron chi connectivity index (χ2n) is 3.57. The average molecular weight is 242 g/mol. The molecule has 0 aliphatic heterocycles. The Morgan fingerprint density at radius 1 is 1.18 bits per heavy atom. The Kier molecular flexibility index (Phi) is 2.89. The van der Waals surface area contributed by atoms with Gasteiger partial charge >= 0.3 is 0 Å². The van der Waals surface area contributed by atoms with Crippen LogP contribution in [0.2, 0.25) is 0 Å². The number of hydrogen-bond acceptors (Lipinski definition) is 2. The predicted octanol–water partition coefficient (Wildman–Crippen LogP) is 1.92. The number of hydrogen-bond donors (Lipinski definition) is 1. The Morgan fingerprint density at radius 2 is 1.82 bits per heavy atom. The Bertz CT molecular complexity index is 554. The first-order chi connectivity index (χ1) is 8.00. The van der Waals surface area contributed by atoms with Crippen molar-refractivity contribution in [2.24, 2.45) is 7.05 Å². The molecule has 0 amide bonds. The number of halogens is 3. The highest BCUT2D eigenvalue weighted by molar-refractivity contribution is 5.28. The van der Waals surface area contributed by atoms with E-state index in [0.717, 1.165) is 0 Å². The summed E-state index contributed by atoms with van der Waals surface area (Å²) in [5.41, 5.74) is -0.0394. The SMILES string of the molecule is Cn1nccc1C(O)c1cc(F)c(F)cc1F. The zero-order valence-corrected chi connectivity index (χ0v) is 8.86. The van der Waals surface area contributed by atoms with Gasteiger partial charge in [0, 0.05) is 24.9 Å². The van der Waals surface area contributed by atoms with E-state index in [-0.39, 0.29) is 11.3 Å². The van der Waals surface area contributed by atoms with E-state index in [4.69, 9.17) is 0 Å². The molecule has 90 valence electrons. The molecule has 2 rings (SSSR count). The zero-order valence-electron chi connectivity index (χ0n) is 8.86. The average Bonchev–Trinajstić information content (AvgIpc) is 2.69. The minimum atomic E-state index is -1.39. The molecule has 1 unspecified atom stereocenters. The summed E-state index contributed by atoms with van der Waals surface area (Å²) < 4.78 is 40.4. The van der Waals surface area contributed by atoms with Crippen LogP contribution in [0, 0.1) is 17.5 Å². The number of aliphatic hydroxyl groups is 1. The summed E-state index contributed by atoms with van der Waals surface area (Å²) in [6, 6.07) is 2.51. The van der Waals surface area contributed by atoms with Gasteiger partial charge in [-0.15, -0.1) is 0 Å². The third kappa shape index (κ3) is 2.03. The van der Waals surface area contributed by atoms with Crippen molar-refractivity contribution in [2.45, 2.75) is 6.10 Å². The van der Waals surface area contributed by atoms with Gasteiger partial charge in [-0.05, 0) is 12.1 Å². The molecule has 0 fully saturated rings. The van der Waals surface area contributed by atoms with E-state index in [9.17, 15) is 18.3 Å². The van der Waals surface area contributed by atoms with E-state index in [1.807, 2.05) is 0 Å². The highest BCUT2D eigenvalue weighted by Crippen LogP contribution is 2.25. The van der Waals surface area contributed by atoms with Crippen LogP contribution >= 0.6 is 0 Å². The van der Waals surface area contributed by atoms with Crippen LogP contribution < -0.4 is 0 Å². The molecule has 0 aliphatic carbocycles. The third-order valence-electron chi connectivity index (χ3n) is 2.47. The first-order valence-electron chi connectivity index (χ1n) is 4.81. The number of benzene rings is 1. The molecule has 0 radical (unpaired) electrons. The Balaban J connectivity index is 2.48. The van der Waals surface area contributed by atoms with Crippen LogP contribution in [-0.2, 0) is 7.05 Å². The lowest BCUT2D eigenvalue weighted by Crippen LogP contribution is -2.09. The van der Waals surface area contributed by atoms with Gasteiger partial charge < -0.3 is 5.11 Å². The number of aryl methyl sites for hydroxylation is 1. The summed E-state index contributed by atoms with van der Waals surface area (Å²) in [6.07, 6.45) is 0.0219. The van der Waals surface area contributed by atoms with E-state index in [0.29, 0.717) is 12.1 Å². The van der Waals surface area contributed by atoms with Gasteiger partial charge in [0.15, 0.2) is 11.6 Å². The summed E-state index contributed by atoms with van der Waals surface area (Å²) in [5.74, 6) is -3.50. The second-order valence-corrected chi connectivity index (χ2v) is 3.57. The molecule has 2 aromatic rings. The van der Waals surface area contributed by atoms with E-state index in [2.05, 4.69) is 5.10 Å². The summed E-state index contributed by atoms with van der Waals surface area (Å²) in [5, 5.41) is 13.7. The van der Waals surface area contributed by atoms with Gasteiger partial charge in [-0.25, -0.2) is 13.2 Å².